The van der Waals surface area contributed by atoms with Crippen LogP contribution in [-0.4, -0.2) is 61.1 Å². The number of carbonyl (C=O) groups is 2. The van der Waals surface area contributed by atoms with E-state index in [-0.39, 0.29) is 18.4 Å². The fourth-order valence-electron chi connectivity index (χ4n) is 2.65. The molecule has 0 aromatic rings. The van der Waals surface area contributed by atoms with Gasteiger partial charge in [-0.25, -0.2) is 4.79 Å². The molecule has 1 atom stereocenters. The number of likely N-dealkylation sites (tertiary alicyclic amines) is 1. The molecule has 2 aliphatic rings. The Bertz CT molecular complexity index is 424. The van der Waals surface area contributed by atoms with E-state index < -0.39 is 18.8 Å². The molecule has 0 bridgehead atoms. The third kappa shape index (κ3) is 5.06. The molecule has 0 aromatic carbocycles. The highest BCUT2D eigenvalue weighted by Gasteiger charge is 2.35. The molecule has 22 heavy (non-hydrogen) atoms. The van der Waals surface area contributed by atoms with Crippen LogP contribution in [0.1, 0.15) is 25.7 Å². The van der Waals surface area contributed by atoms with Crippen LogP contribution in [0.4, 0.5) is 18.0 Å². The molecular formula is C14H22F3N3O2. The quantitative estimate of drug-likeness (QED) is 0.859. The highest BCUT2D eigenvalue weighted by atomic mass is 19.4. The summed E-state index contributed by atoms with van der Waals surface area (Å²) in [6.45, 7) is -0.0247. The normalized spacial score (nSPS) is 22.4. The van der Waals surface area contributed by atoms with Crippen LogP contribution in [0.2, 0.25) is 0 Å². The van der Waals surface area contributed by atoms with Crippen molar-refractivity contribution in [2.24, 2.45) is 11.8 Å². The first-order chi connectivity index (χ1) is 10.3. The smallest absolute Gasteiger partial charge is 0.356 e. The molecule has 8 heteroatoms. The van der Waals surface area contributed by atoms with Gasteiger partial charge in [0.15, 0.2) is 0 Å². The predicted molar refractivity (Wildman–Crippen MR) is 74.1 cm³/mol. The lowest BCUT2D eigenvalue weighted by atomic mass is 9.97. The molecule has 126 valence electrons. The van der Waals surface area contributed by atoms with E-state index in [9.17, 15) is 22.8 Å². The van der Waals surface area contributed by atoms with Crippen LogP contribution >= 0.6 is 0 Å². The second kappa shape index (κ2) is 6.75. The summed E-state index contributed by atoms with van der Waals surface area (Å²) in [5.74, 6) is 0.154. The van der Waals surface area contributed by atoms with Gasteiger partial charge in [0, 0.05) is 26.7 Å². The third-order valence-electron chi connectivity index (χ3n) is 4.07. The average molecular weight is 321 g/mol. The highest BCUT2D eigenvalue weighted by Crippen LogP contribution is 2.28. The number of hydrogen-bond donors (Lipinski definition) is 1. The van der Waals surface area contributed by atoms with E-state index in [4.69, 9.17) is 0 Å². The Morgan fingerprint density at radius 2 is 1.95 bits per heavy atom. The monoisotopic (exact) mass is 321 g/mol. The van der Waals surface area contributed by atoms with Crippen LogP contribution in [-0.2, 0) is 4.79 Å². The number of amides is 3. The van der Waals surface area contributed by atoms with Crippen LogP contribution in [0.25, 0.3) is 0 Å². The SMILES string of the molecule is CN(CC(F)(F)F)C(=O)N1CCCC(C(=O)NCC2CC2)C1. The van der Waals surface area contributed by atoms with Gasteiger partial charge in [-0.3, -0.25) is 4.79 Å². The zero-order valence-electron chi connectivity index (χ0n) is 12.7. The minimum atomic E-state index is -4.42. The lowest BCUT2D eigenvalue weighted by Crippen LogP contribution is -2.51. The van der Waals surface area contributed by atoms with Gasteiger partial charge in [-0.15, -0.1) is 0 Å². The maximum absolute atomic E-state index is 12.3. The molecule has 3 amide bonds. The standard InChI is InChI=1S/C14H22F3N3O2/c1-19(9-14(15,16)17)13(22)20-6-2-3-11(8-20)12(21)18-7-10-4-5-10/h10-11H,2-9H2,1H3,(H,18,21). The molecule has 2 fully saturated rings. The van der Waals surface area contributed by atoms with Crippen LogP contribution in [0.3, 0.4) is 0 Å². The van der Waals surface area contributed by atoms with E-state index in [1.165, 1.54) is 4.90 Å². The Hall–Kier alpha value is -1.47. The molecule has 1 saturated carbocycles. The Morgan fingerprint density at radius 1 is 1.27 bits per heavy atom. The summed E-state index contributed by atoms with van der Waals surface area (Å²) in [7, 11) is 1.13. The molecule has 1 unspecified atom stereocenters. The minimum Gasteiger partial charge on any atom is -0.356 e. The summed E-state index contributed by atoms with van der Waals surface area (Å²) < 4.78 is 37.0. The van der Waals surface area contributed by atoms with E-state index >= 15 is 0 Å². The molecule has 1 aliphatic heterocycles. The van der Waals surface area contributed by atoms with Crippen molar-refractivity contribution < 1.29 is 22.8 Å². The first-order valence-corrected chi connectivity index (χ1v) is 7.61. The summed E-state index contributed by atoms with van der Waals surface area (Å²) in [6.07, 6.45) is -0.840. The maximum Gasteiger partial charge on any atom is 0.406 e. The Morgan fingerprint density at radius 3 is 2.55 bits per heavy atom. The zero-order valence-corrected chi connectivity index (χ0v) is 12.7. The predicted octanol–water partition coefficient (Wildman–Crippen LogP) is 1.84. The first kappa shape index (κ1) is 16.9. The van der Waals surface area contributed by atoms with Gasteiger partial charge >= 0.3 is 12.2 Å². The van der Waals surface area contributed by atoms with Gasteiger partial charge in [-0.1, -0.05) is 0 Å². The van der Waals surface area contributed by atoms with Gasteiger partial charge in [-0.05, 0) is 31.6 Å². The van der Waals surface area contributed by atoms with E-state index in [1.807, 2.05) is 0 Å². The van der Waals surface area contributed by atoms with Gasteiger partial charge in [0.25, 0.3) is 0 Å². The molecule has 0 radical (unpaired) electrons. The number of hydrogen-bond acceptors (Lipinski definition) is 2. The van der Waals surface area contributed by atoms with Crippen molar-refractivity contribution in [2.45, 2.75) is 31.9 Å². The van der Waals surface area contributed by atoms with Crippen LogP contribution in [0.15, 0.2) is 0 Å². The molecule has 0 spiro atoms. The Kier molecular flexibility index (Phi) is 5.18. The van der Waals surface area contributed by atoms with Gasteiger partial charge in [0.2, 0.25) is 5.91 Å². The van der Waals surface area contributed by atoms with Crippen molar-refractivity contribution in [1.29, 1.82) is 0 Å². The number of alkyl halides is 3. The van der Waals surface area contributed by atoms with Crippen LogP contribution in [0, 0.1) is 11.8 Å². The topological polar surface area (TPSA) is 52.7 Å². The van der Waals surface area contributed by atoms with Gasteiger partial charge in [-0.2, -0.15) is 13.2 Å². The van der Waals surface area contributed by atoms with Gasteiger partial charge < -0.3 is 15.1 Å². The van der Waals surface area contributed by atoms with Crippen molar-refractivity contribution in [1.82, 2.24) is 15.1 Å². The number of nitrogens with zero attached hydrogens (tertiary/aromatic N) is 2. The van der Waals surface area contributed by atoms with Crippen molar-refractivity contribution in [3.8, 4) is 0 Å². The molecule has 1 N–H and O–H groups in total. The van der Waals surface area contributed by atoms with Crippen molar-refractivity contribution in [3.05, 3.63) is 0 Å². The van der Waals surface area contributed by atoms with Crippen molar-refractivity contribution in [3.63, 3.8) is 0 Å². The van der Waals surface area contributed by atoms with Gasteiger partial charge in [0.1, 0.15) is 6.54 Å². The molecule has 1 aliphatic carbocycles. The van der Waals surface area contributed by atoms with Crippen molar-refractivity contribution >= 4 is 11.9 Å². The Balaban J connectivity index is 1.83. The largest absolute Gasteiger partial charge is 0.406 e. The van der Waals surface area contributed by atoms with E-state index in [1.54, 1.807) is 0 Å². The van der Waals surface area contributed by atoms with E-state index in [2.05, 4.69) is 5.32 Å². The summed E-state index contributed by atoms with van der Waals surface area (Å²) >= 11 is 0. The average Bonchev–Trinajstić information content (AvgIpc) is 3.26. The first-order valence-electron chi connectivity index (χ1n) is 7.61. The lowest BCUT2D eigenvalue weighted by Gasteiger charge is -2.34. The number of nitrogens with one attached hydrogen (secondary N) is 1. The molecule has 0 aromatic heterocycles. The second-order valence-corrected chi connectivity index (χ2v) is 6.23. The zero-order chi connectivity index (χ0) is 16.3. The highest BCUT2D eigenvalue weighted by molar-refractivity contribution is 5.80. The van der Waals surface area contributed by atoms with Crippen LogP contribution < -0.4 is 5.32 Å². The number of piperidine rings is 1. The molecule has 1 heterocycles. The number of urea groups is 1. The lowest BCUT2D eigenvalue weighted by molar-refractivity contribution is -0.139. The number of rotatable bonds is 4. The summed E-state index contributed by atoms with van der Waals surface area (Å²) in [5.41, 5.74) is 0. The fourth-order valence-corrected chi connectivity index (χ4v) is 2.65. The molecule has 2 rings (SSSR count). The maximum atomic E-state index is 12.3. The molecule has 5 nitrogen and oxygen atoms in total. The summed E-state index contributed by atoms with van der Waals surface area (Å²) in [4.78, 5) is 26.1. The van der Waals surface area contributed by atoms with E-state index in [0.717, 1.165) is 19.9 Å². The number of carbonyl (C=O) groups excluding carboxylic acids is 2. The second-order valence-electron chi connectivity index (χ2n) is 6.23. The minimum absolute atomic E-state index is 0.0946. The molecular weight excluding hydrogens is 299 g/mol. The van der Waals surface area contributed by atoms with E-state index in [0.29, 0.717) is 36.7 Å². The van der Waals surface area contributed by atoms with Crippen molar-refractivity contribution in [2.75, 3.05) is 33.2 Å². The van der Waals surface area contributed by atoms with Crippen LogP contribution in [0.5, 0.6) is 0 Å². The third-order valence-corrected chi connectivity index (χ3v) is 4.07. The summed E-state index contributed by atoms with van der Waals surface area (Å²) in [6, 6.07) is -0.669. The summed E-state index contributed by atoms with van der Waals surface area (Å²) in [5, 5.41) is 2.87. The number of halogens is 3. The van der Waals surface area contributed by atoms with Gasteiger partial charge in [0.05, 0.1) is 5.92 Å². The fraction of sp³-hybridized carbons (Fsp3) is 0.857. The Labute approximate surface area is 127 Å². The molecule has 1 saturated heterocycles.